The standard InChI is InChI=1S/C9H17NO/c1-7(11)6-10-8-2-3-9(10)5-4-8/h7-9,11H,2-6H2,1H3/t7-,8?,9?/m1/s1. The fraction of sp³-hybridized carbons (Fsp3) is 1.00. The lowest BCUT2D eigenvalue weighted by atomic mass is 10.0. The summed E-state index contributed by atoms with van der Waals surface area (Å²) in [7, 11) is 0. The quantitative estimate of drug-likeness (QED) is 0.643. The molecule has 0 radical (unpaired) electrons. The molecular weight excluding hydrogens is 138 g/mol. The first-order valence-corrected chi connectivity index (χ1v) is 4.71. The summed E-state index contributed by atoms with van der Waals surface area (Å²) in [5, 5.41) is 9.23. The SMILES string of the molecule is C[C@@H](O)CN1C2CCC1CC2. The van der Waals surface area contributed by atoms with E-state index in [0.29, 0.717) is 0 Å². The van der Waals surface area contributed by atoms with Crippen molar-refractivity contribution in [2.24, 2.45) is 0 Å². The van der Waals surface area contributed by atoms with Crippen LogP contribution in [0.3, 0.4) is 0 Å². The second kappa shape index (κ2) is 2.76. The molecule has 2 bridgehead atoms. The average Bonchev–Trinajstić information content (AvgIpc) is 2.48. The summed E-state index contributed by atoms with van der Waals surface area (Å²) in [6.07, 6.45) is 5.35. The summed E-state index contributed by atoms with van der Waals surface area (Å²) in [6.45, 7) is 2.78. The van der Waals surface area contributed by atoms with E-state index < -0.39 is 0 Å². The second-order valence-corrected chi connectivity index (χ2v) is 4.01. The van der Waals surface area contributed by atoms with E-state index in [0.717, 1.165) is 18.6 Å². The van der Waals surface area contributed by atoms with Gasteiger partial charge in [0.2, 0.25) is 0 Å². The number of aliphatic hydroxyl groups excluding tert-OH is 1. The van der Waals surface area contributed by atoms with Crippen LogP contribution in [-0.2, 0) is 0 Å². The molecule has 0 aromatic rings. The maximum atomic E-state index is 9.23. The minimum absolute atomic E-state index is 0.142. The van der Waals surface area contributed by atoms with Gasteiger partial charge in [0, 0.05) is 18.6 Å². The van der Waals surface area contributed by atoms with Crippen LogP contribution in [0.4, 0.5) is 0 Å². The molecule has 0 spiro atoms. The first-order chi connectivity index (χ1) is 5.27. The summed E-state index contributed by atoms with van der Waals surface area (Å²) < 4.78 is 0. The van der Waals surface area contributed by atoms with E-state index in [4.69, 9.17) is 0 Å². The Balaban J connectivity index is 1.94. The van der Waals surface area contributed by atoms with E-state index in [1.165, 1.54) is 25.7 Å². The van der Waals surface area contributed by atoms with Gasteiger partial charge in [-0.05, 0) is 32.6 Å². The van der Waals surface area contributed by atoms with Gasteiger partial charge in [0.15, 0.2) is 0 Å². The average molecular weight is 155 g/mol. The number of nitrogens with zero attached hydrogens (tertiary/aromatic N) is 1. The van der Waals surface area contributed by atoms with E-state index in [1.54, 1.807) is 0 Å². The van der Waals surface area contributed by atoms with Gasteiger partial charge < -0.3 is 5.11 Å². The normalized spacial score (nSPS) is 39.8. The molecule has 2 nitrogen and oxygen atoms in total. The van der Waals surface area contributed by atoms with Gasteiger partial charge in [0.1, 0.15) is 0 Å². The Morgan fingerprint density at radius 3 is 2.09 bits per heavy atom. The Morgan fingerprint density at radius 1 is 1.27 bits per heavy atom. The lowest BCUT2D eigenvalue weighted by Crippen LogP contribution is -2.34. The molecule has 2 saturated heterocycles. The lowest BCUT2D eigenvalue weighted by Gasteiger charge is -2.22. The molecule has 2 rings (SSSR count). The predicted octanol–water partition coefficient (Wildman–Crippen LogP) is 0.994. The van der Waals surface area contributed by atoms with Crippen molar-refractivity contribution in [1.82, 2.24) is 4.90 Å². The molecule has 2 heterocycles. The maximum absolute atomic E-state index is 9.23. The maximum Gasteiger partial charge on any atom is 0.0639 e. The van der Waals surface area contributed by atoms with Crippen molar-refractivity contribution >= 4 is 0 Å². The molecule has 0 saturated carbocycles. The fourth-order valence-electron chi connectivity index (χ4n) is 2.62. The highest BCUT2D eigenvalue weighted by Crippen LogP contribution is 2.37. The second-order valence-electron chi connectivity index (χ2n) is 4.01. The Labute approximate surface area is 68.2 Å². The van der Waals surface area contributed by atoms with Crippen LogP contribution in [0.5, 0.6) is 0 Å². The third-order valence-corrected chi connectivity index (χ3v) is 3.08. The molecule has 2 heteroatoms. The number of fused-ring (bicyclic) bond motifs is 2. The smallest absolute Gasteiger partial charge is 0.0639 e. The molecule has 64 valence electrons. The summed E-state index contributed by atoms with van der Waals surface area (Å²) in [4.78, 5) is 2.50. The van der Waals surface area contributed by atoms with Gasteiger partial charge in [-0.3, -0.25) is 4.90 Å². The van der Waals surface area contributed by atoms with Crippen LogP contribution >= 0.6 is 0 Å². The highest BCUT2D eigenvalue weighted by atomic mass is 16.3. The van der Waals surface area contributed by atoms with Gasteiger partial charge in [0.25, 0.3) is 0 Å². The Morgan fingerprint density at radius 2 is 1.73 bits per heavy atom. The van der Waals surface area contributed by atoms with Gasteiger partial charge in [0.05, 0.1) is 6.10 Å². The van der Waals surface area contributed by atoms with Gasteiger partial charge in [-0.2, -0.15) is 0 Å². The number of rotatable bonds is 2. The zero-order chi connectivity index (χ0) is 7.84. The van der Waals surface area contributed by atoms with E-state index in [9.17, 15) is 5.11 Å². The van der Waals surface area contributed by atoms with E-state index in [-0.39, 0.29) is 6.10 Å². The van der Waals surface area contributed by atoms with E-state index >= 15 is 0 Å². The molecule has 1 atom stereocenters. The van der Waals surface area contributed by atoms with Crippen molar-refractivity contribution in [1.29, 1.82) is 0 Å². The van der Waals surface area contributed by atoms with Crippen molar-refractivity contribution in [2.45, 2.75) is 50.8 Å². The zero-order valence-corrected chi connectivity index (χ0v) is 7.16. The van der Waals surface area contributed by atoms with Crippen molar-refractivity contribution in [2.75, 3.05) is 6.54 Å². The van der Waals surface area contributed by atoms with Crippen LogP contribution in [0.25, 0.3) is 0 Å². The van der Waals surface area contributed by atoms with Crippen LogP contribution < -0.4 is 0 Å². The highest BCUT2D eigenvalue weighted by molar-refractivity contribution is 4.94. The minimum Gasteiger partial charge on any atom is -0.392 e. The summed E-state index contributed by atoms with van der Waals surface area (Å²) in [6, 6.07) is 1.63. The van der Waals surface area contributed by atoms with Gasteiger partial charge in [-0.15, -0.1) is 0 Å². The molecule has 0 aromatic carbocycles. The fourth-order valence-corrected chi connectivity index (χ4v) is 2.62. The highest BCUT2D eigenvalue weighted by Gasteiger charge is 2.39. The van der Waals surface area contributed by atoms with Crippen molar-refractivity contribution in [3.63, 3.8) is 0 Å². The number of hydrogen-bond donors (Lipinski definition) is 1. The summed E-state index contributed by atoms with van der Waals surface area (Å²) >= 11 is 0. The predicted molar refractivity (Wildman–Crippen MR) is 44.4 cm³/mol. The van der Waals surface area contributed by atoms with Gasteiger partial charge in [-0.1, -0.05) is 0 Å². The molecule has 0 aromatic heterocycles. The van der Waals surface area contributed by atoms with Crippen LogP contribution in [0.1, 0.15) is 32.6 Å². The van der Waals surface area contributed by atoms with Crippen molar-refractivity contribution in [3.05, 3.63) is 0 Å². The molecule has 0 aliphatic carbocycles. The molecule has 2 aliphatic rings. The minimum atomic E-state index is -0.142. The van der Waals surface area contributed by atoms with Crippen LogP contribution in [0, 0.1) is 0 Å². The monoisotopic (exact) mass is 155 g/mol. The number of aliphatic hydroxyl groups is 1. The van der Waals surface area contributed by atoms with E-state index in [2.05, 4.69) is 4.90 Å². The third kappa shape index (κ3) is 1.30. The molecule has 2 fully saturated rings. The van der Waals surface area contributed by atoms with Crippen LogP contribution in [0.2, 0.25) is 0 Å². The summed E-state index contributed by atoms with van der Waals surface area (Å²) in [5.74, 6) is 0. The topological polar surface area (TPSA) is 23.5 Å². The first-order valence-electron chi connectivity index (χ1n) is 4.71. The molecule has 1 N–H and O–H groups in total. The summed E-state index contributed by atoms with van der Waals surface area (Å²) in [5.41, 5.74) is 0. The van der Waals surface area contributed by atoms with Crippen LogP contribution in [0.15, 0.2) is 0 Å². The lowest BCUT2D eigenvalue weighted by molar-refractivity contribution is 0.117. The van der Waals surface area contributed by atoms with Gasteiger partial charge >= 0.3 is 0 Å². The largest absolute Gasteiger partial charge is 0.392 e. The molecular formula is C9H17NO. The van der Waals surface area contributed by atoms with E-state index in [1.807, 2.05) is 6.92 Å². The third-order valence-electron chi connectivity index (χ3n) is 3.08. The molecule has 11 heavy (non-hydrogen) atoms. The first kappa shape index (κ1) is 7.56. The van der Waals surface area contributed by atoms with Crippen LogP contribution in [-0.4, -0.2) is 34.7 Å². The number of hydrogen-bond acceptors (Lipinski definition) is 2. The molecule has 0 unspecified atom stereocenters. The van der Waals surface area contributed by atoms with Crippen molar-refractivity contribution < 1.29 is 5.11 Å². The Hall–Kier alpha value is -0.0800. The molecule has 0 amide bonds. The van der Waals surface area contributed by atoms with Gasteiger partial charge in [-0.25, -0.2) is 0 Å². The zero-order valence-electron chi connectivity index (χ0n) is 7.16. The van der Waals surface area contributed by atoms with Crippen molar-refractivity contribution in [3.8, 4) is 0 Å². The molecule has 2 aliphatic heterocycles. The Bertz CT molecular complexity index is 126. The Kier molecular flexibility index (Phi) is 1.90.